The van der Waals surface area contributed by atoms with E-state index < -0.39 is 0 Å². The summed E-state index contributed by atoms with van der Waals surface area (Å²) in [6.07, 6.45) is 3.93. The predicted molar refractivity (Wildman–Crippen MR) is 82.3 cm³/mol. The molecule has 116 valence electrons. The Morgan fingerprint density at radius 3 is 2.57 bits per heavy atom. The van der Waals surface area contributed by atoms with Crippen LogP contribution >= 0.6 is 0 Å². The van der Waals surface area contributed by atoms with Gasteiger partial charge in [-0.25, -0.2) is 0 Å². The van der Waals surface area contributed by atoms with Gasteiger partial charge in [0, 0.05) is 19.0 Å². The molecule has 21 heavy (non-hydrogen) atoms. The van der Waals surface area contributed by atoms with Crippen LogP contribution in [0.5, 0.6) is 5.75 Å². The molecule has 1 aliphatic rings. The number of benzene rings is 1. The second-order valence-electron chi connectivity index (χ2n) is 5.46. The minimum Gasteiger partial charge on any atom is -0.497 e. The fraction of sp³-hybridized carbons (Fsp3) is 0.588. The molecule has 0 unspecified atom stereocenters. The van der Waals surface area contributed by atoms with Gasteiger partial charge in [-0.3, -0.25) is 9.69 Å². The molecule has 0 aliphatic heterocycles. The van der Waals surface area contributed by atoms with Crippen molar-refractivity contribution in [2.45, 2.75) is 45.2 Å². The molecule has 1 saturated carbocycles. The highest BCUT2D eigenvalue weighted by Gasteiger charge is 2.28. The second kappa shape index (κ2) is 8.03. The fourth-order valence-electron chi connectivity index (χ4n) is 2.46. The third-order valence-electron chi connectivity index (χ3n) is 3.74. The molecule has 0 amide bonds. The summed E-state index contributed by atoms with van der Waals surface area (Å²) in [4.78, 5) is 13.9. The first-order valence-corrected chi connectivity index (χ1v) is 7.75. The van der Waals surface area contributed by atoms with Crippen molar-refractivity contribution in [2.24, 2.45) is 0 Å². The summed E-state index contributed by atoms with van der Waals surface area (Å²) in [7, 11) is 1.68. The number of ether oxygens (including phenoxy) is 2. The Hall–Kier alpha value is -1.55. The number of carbonyl (C=O) groups excluding carboxylic acids is 1. The molecule has 0 radical (unpaired) electrons. The number of carbonyl (C=O) groups is 1. The Morgan fingerprint density at radius 1 is 1.29 bits per heavy atom. The lowest BCUT2D eigenvalue weighted by Crippen LogP contribution is -2.27. The zero-order chi connectivity index (χ0) is 15.1. The smallest absolute Gasteiger partial charge is 0.305 e. The van der Waals surface area contributed by atoms with Gasteiger partial charge in [-0.2, -0.15) is 0 Å². The van der Waals surface area contributed by atoms with Crippen molar-refractivity contribution < 1.29 is 14.3 Å². The highest BCUT2D eigenvalue weighted by Crippen LogP contribution is 2.28. The summed E-state index contributed by atoms with van der Waals surface area (Å²) < 4.78 is 10.2. The highest BCUT2D eigenvalue weighted by molar-refractivity contribution is 5.69. The molecule has 2 rings (SSSR count). The van der Waals surface area contributed by atoms with Gasteiger partial charge < -0.3 is 9.47 Å². The lowest BCUT2D eigenvalue weighted by Gasteiger charge is -2.22. The van der Waals surface area contributed by atoms with Gasteiger partial charge >= 0.3 is 5.97 Å². The Morgan fingerprint density at radius 2 is 2.00 bits per heavy atom. The minimum absolute atomic E-state index is 0.0855. The van der Waals surface area contributed by atoms with Crippen molar-refractivity contribution >= 4 is 5.97 Å². The molecule has 1 aromatic rings. The Balaban J connectivity index is 1.80. The number of hydrogen-bond acceptors (Lipinski definition) is 4. The van der Waals surface area contributed by atoms with Crippen LogP contribution in [0.25, 0.3) is 0 Å². The van der Waals surface area contributed by atoms with E-state index in [1.54, 1.807) is 7.11 Å². The lowest BCUT2D eigenvalue weighted by atomic mass is 10.2. The van der Waals surface area contributed by atoms with E-state index in [9.17, 15) is 4.79 Å². The minimum atomic E-state index is -0.0855. The van der Waals surface area contributed by atoms with Gasteiger partial charge in [-0.15, -0.1) is 0 Å². The van der Waals surface area contributed by atoms with Crippen molar-refractivity contribution in [1.82, 2.24) is 4.90 Å². The quantitative estimate of drug-likeness (QED) is 0.656. The third kappa shape index (κ3) is 5.38. The van der Waals surface area contributed by atoms with Crippen LogP contribution in [-0.2, 0) is 16.1 Å². The van der Waals surface area contributed by atoms with Gasteiger partial charge in [0.05, 0.1) is 13.7 Å². The van der Waals surface area contributed by atoms with Gasteiger partial charge in [-0.1, -0.05) is 12.1 Å². The molecule has 1 aromatic carbocycles. The zero-order valence-corrected chi connectivity index (χ0v) is 13.0. The molecule has 0 aromatic heterocycles. The van der Waals surface area contributed by atoms with E-state index in [2.05, 4.69) is 17.0 Å². The monoisotopic (exact) mass is 291 g/mol. The van der Waals surface area contributed by atoms with Crippen molar-refractivity contribution in [3.05, 3.63) is 29.8 Å². The lowest BCUT2D eigenvalue weighted by molar-refractivity contribution is -0.143. The number of esters is 1. The van der Waals surface area contributed by atoms with E-state index in [0.717, 1.165) is 25.3 Å². The molecule has 1 aliphatic carbocycles. The van der Waals surface area contributed by atoms with E-state index >= 15 is 0 Å². The summed E-state index contributed by atoms with van der Waals surface area (Å²) in [5.74, 6) is 0.803. The Kier molecular flexibility index (Phi) is 6.05. The summed E-state index contributed by atoms with van der Waals surface area (Å²) in [6.45, 7) is 4.21. The van der Waals surface area contributed by atoms with Crippen molar-refractivity contribution in [3.63, 3.8) is 0 Å². The predicted octanol–water partition coefficient (Wildman–Crippen LogP) is 3.00. The normalized spacial score (nSPS) is 14.2. The summed E-state index contributed by atoms with van der Waals surface area (Å²) in [5, 5.41) is 0. The first-order chi connectivity index (χ1) is 10.2. The van der Waals surface area contributed by atoms with E-state index in [1.807, 2.05) is 19.1 Å². The zero-order valence-electron chi connectivity index (χ0n) is 13.0. The highest BCUT2D eigenvalue weighted by atomic mass is 16.5. The largest absolute Gasteiger partial charge is 0.497 e. The summed E-state index contributed by atoms with van der Waals surface area (Å²) >= 11 is 0. The maximum atomic E-state index is 11.4. The van der Waals surface area contributed by atoms with Crippen molar-refractivity contribution in [1.29, 1.82) is 0 Å². The second-order valence-corrected chi connectivity index (χ2v) is 5.46. The molecule has 0 heterocycles. The van der Waals surface area contributed by atoms with Crippen molar-refractivity contribution in [2.75, 3.05) is 20.3 Å². The topological polar surface area (TPSA) is 38.8 Å². The van der Waals surface area contributed by atoms with Crippen LogP contribution in [0.15, 0.2) is 24.3 Å². The van der Waals surface area contributed by atoms with E-state index in [4.69, 9.17) is 9.47 Å². The fourth-order valence-corrected chi connectivity index (χ4v) is 2.46. The van der Waals surface area contributed by atoms with Gasteiger partial charge in [0.2, 0.25) is 0 Å². The molecule has 0 N–H and O–H groups in total. The molecular formula is C17H25NO3. The van der Waals surface area contributed by atoms with Crippen molar-refractivity contribution in [3.8, 4) is 5.75 Å². The molecule has 0 spiro atoms. The number of hydrogen-bond donors (Lipinski definition) is 0. The maximum Gasteiger partial charge on any atom is 0.305 e. The standard InChI is InChI=1S/C17H25NO3/c1-3-21-17(19)5-4-12-18(15-8-9-15)13-14-6-10-16(20-2)11-7-14/h6-7,10-11,15H,3-5,8-9,12-13H2,1-2H3. The van der Waals surface area contributed by atoms with Crippen LogP contribution in [-0.4, -0.2) is 37.2 Å². The molecule has 4 nitrogen and oxygen atoms in total. The first-order valence-electron chi connectivity index (χ1n) is 7.75. The van der Waals surface area contributed by atoms with Gasteiger partial charge in [0.1, 0.15) is 5.75 Å². The SMILES string of the molecule is CCOC(=O)CCCN(Cc1ccc(OC)cc1)C1CC1. The molecular weight excluding hydrogens is 266 g/mol. The molecule has 4 heteroatoms. The van der Waals surface area contributed by atoms with Gasteiger partial charge in [0.15, 0.2) is 0 Å². The van der Waals surface area contributed by atoms with E-state index in [-0.39, 0.29) is 5.97 Å². The number of rotatable bonds is 9. The Labute approximate surface area is 127 Å². The van der Waals surface area contributed by atoms with Crippen LogP contribution in [0, 0.1) is 0 Å². The van der Waals surface area contributed by atoms with E-state index in [1.165, 1.54) is 18.4 Å². The summed E-state index contributed by atoms with van der Waals surface area (Å²) in [5.41, 5.74) is 1.29. The average molecular weight is 291 g/mol. The van der Waals surface area contributed by atoms with Gasteiger partial charge in [0.25, 0.3) is 0 Å². The maximum absolute atomic E-state index is 11.4. The molecule has 0 atom stereocenters. The summed E-state index contributed by atoms with van der Waals surface area (Å²) in [6, 6.07) is 8.91. The molecule has 1 fully saturated rings. The number of nitrogens with zero attached hydrogens (tertiary/aromatic N) is 1. The van der Waals surface area contributed by atoms with Gasteiger partial charge in [-0.05, 0) is 50.4 Å². The molecule has 0 bridgehead atoms. The van der Waals surface area contributed by atoms with Crippen LogP contribution in [0.3, 0.4) is 0 Å². The first kappa shape index (κ1) is 15.8. The average Bonchev–Trinajstić information content (AvgIpc) is 3.32. The van der Waals surface area contributed by atoms with Crippen LogP contribution in [0.4, 0.5) is 0 Å². The number of methoxy groups -OCH3 is 1. The van der Waals surface area contributed by atoms with Crippen LogP contribution in [0.2, 0.25) is 0 Å². The third-order valence-corrected chi connectivity index (χ3v) is 3.74. The molecule has 0 saturated heterocycles. The van der Waals surface area contributed by atoms with Crippen LogP contribution < -0.4 is 4.74 Å². The van der Waals surface area contributed by atoms with Crippen LogP contribution in [0.1, 0.15) is 38.2 Å². The van der Waals surface area contributed by atoms with E-state index in [0.29, 0.717) is 19.1 Å². The Bertz CT molecular complexity index is 440.